The molecule has 4 heteroatoms. The molecule has 1 aromatic rings. The Morgan fingerprint density at radius 1 is 1.35 bits per heavy atom. The molecule has 20 heavy (non-hydrogen) atoms. The van der Waals surface area contributed by atoms with Gasteiger partial charge in [0.2, 0.25) is 0 Å². The fraction of sp³-hybridized carbons (Fsp3) is 0.562. The zero-order chi connectivity index (χ0) is 14.5. The van der Waals surface area contributed by atoms with Gasteiger partial charge in [-0.2, -0.15) is 0 Å². The van der Waals surface area contributed by atoms with Crippen LogP contribution in [0.4, 0.5) is 0 Å². The molecule has 0 saturated carbocycles. The quantitative estimate of drug-likeness (QED) is 0.912. The van der Waals surface area contributed by atoms with Gasteiger partial charge >= 0.3 is 0 Å². The van der Waals surface area contributed by atoms with Gasteiger partial charge in [0.1, 0.15) is 0 Å². The number of carbonyl (C=O) groups excluding carboxylic acids is 1. The van der Waals surface area contributed by atoms with Gasteiger partial charge < -0.3 is 10.2 Å². The third-order valence-corrected chi connectivity index (χ3v) is 4.30. The molecule has 1 heterocycles. The Morgan fingerprint density at radius 2 is 2.05 bits per heavy atom. The first-order chi connectivity index (χ1) is 9.56. The maximum Gasteiger partial charge on any atom is 0.251 e. The van der Waals surface area contributed by atoms with Crippen LogP contribution in [0, 0.1) is 6.92 Å². The second-order valence-corrected chi connectivity index (χ2v) is 6.61. The molecule has 1 aliphatic heterocycles. The van der Waals surface area contributed by atoms with Crippen LogP contribution >= 0.6 is 15.9 Å². The van der Waals surface area contributed by atoms with E-state index in [1.54, 1.807) is 0 Å². The highest BCUT2D eigenvalue weighted by Gasteiger charge is 2.16. The van der Waals surface area contributed by atoms with Crippen molar-refractivity contribution in [1.82, 2.24) is 10.2 Å². The first kappa shape index (κ1) is 15.5. The molecular formula is C16H23BrN2O. The van der Waals surface area contributed by atoms with Gasteiger partial charge in [-0.3, -0.25) is 4.79 Å². The molecule has 0 spiro atoms. The molecule has 1 amide bonds. The molecule has 0 aliphatic carbocycles. The molecule has 1 saturated heterocycles. The number of hydrogen-bond donors (Lipinski definition) is 1. The minimum Gasteiger partial charge on any atom is -0.348 e. The van der Waals surface area contributed by atoms with Crippen molar-refractivity contribution in [2.75, 3.05) is 19.6 Å². The lowest BCUT2D eigenvalue weighted by molar-refractivity contribution is 0.0925. The Morgan fingerprint density at radius 3 is 2.75 bits per heavy atom. The number of rotatable bonds is 4. The molecule has 1 N–H and O–H groups in total. The van der Waals surface area contributed by atoms with Crippen LogP contribution in [-0.2, 0) is 0 Å². The molecule has 1 aromatic carbocycles. The SMILES string of the molecule is Cc1ccc(Br)cc1C(=O)NC(C)CN1CCCCC1. The maximum absolute atomic E-state index is 12.3. The van der Waals surface area contributed by atoms with Crippen molar-refractivity contribution in [3.05, 3.63) is 33.8 Å². The number of piperidine rings is 1. The second kappa shape index (κ2) is 7.23. The summed E-state index contributed by atoms with van der Waals surface area (Å²) in [6, 6.07) is 5.99. The number of carbonyl (C=O) groups is 1. The van der Waals surface area contributed by atoms with E-state index in [1.165, 1.54) is 19.3 Å². The molecule has 110 valence electrons. The summed E-state index contributed by atoms with van der Waals surface area (Å²) in [6.07, 6.45) is 3.91. The maximum atomic E-state index is 12.3. The summed E-state index contributed by atoms with van der Waals surface area (Å²) in [6.45, 7) is 7.32. The van der Waals surface area contributed by atoms with Crippen LogP contribution in [0.3, 0.4) is 0 Å². The summed E-state index contributed by atoms with van der Waals surface area (Å²) < 4.78 is 0.942. The summed E-state index contributed by atoms with van der Waals surface area (Å²) >= 11 is 3.42. The number of amides is 1. The fourth-order valence-electron chi connectivity index (χ4n) is 2.72. The number of aryl methyl sites for hydroxylation is 1. The van der Waals surface area contributed by atoms with Crippen LogP contribution in [0.25, 0.3) is 0 Å². The van der Waals surface area contributed by atoms with Crippen LogP contribution < -0.4 is 5.32 Å². The molecule has 0 bridgehead atoms. The van der Waals surface area contributed by atoms with Crippen LogP contribution in [0.5, 0.6) is 0 Å². The highest BCUT2D eigenvalue weighted by atomic mass is 79.9. The summed E-state index contributed by atoms with van der Waals surface area (Å²) in [5, 5.41) is 3.11. The second-order valence-electron chi connectivity index (χ2n) is 5.70. The predicted octanol–water partition coefficient (Wildman–Crippen LogP) is 3.36. The monoisotopic (exact) mass is 338 g/mol. The third-order valence-electron chi connectivity index (χ3n) is 3.80. The van der Waals surface area contributed by atoms with Crippen LogP contribution in [-0.4, -0.2) is 36.5 Å². The van der Waals surface area contributed by atoms with Crippen molar-refractivity contribution in [2.45, 2.75) is 39.2 Å². The van der Waals surface area contributed by atoms with Gasteiger partial charge in [-0.15, -0.1) is 0 Å². The first-order valence-corrected chi connectivity index (χ1v) is 8.15. The average Bonchev–Trinajstić information content (AvgIpc) is 2.42. The Labute approximate surface area is 129 Å². The van der Waals surface area contributed by atoms with E-state index in [0.717, 1.165) is 35.2 Å². The first-order valence-electron chi connectivity index (χ1n) is 7.35. The Bertz CT molecular complexity index is 470. The molecule has 3 nitrogen and oxygen atoms in total. The number of nitrogens with zero attached hydrogens (tertiary/aromatic N) is 1. The summed E-state index contributed by atoms with van der Waals surface area (Å²) in [4.78, 5) is 14.8. The van der Waals surface area contributed by atoms with Crippen molar-refractivity contribution in [3.8, 4) is 0 Å². The fourth-order valence-corrected chi connectivity index (χ4v) is 3.08. The van der Waals surface area contributed by atoms with Crippen LogP contribution in [0.1, 0.15) is 42.1 Å². The van der Waals surface area contributed by atoms with Gasteiger partial charge in [0.15, 0.2) is 0 Å². The largest absolute Gasteiger partial charge is 0.348 e. The minimum atomic E-state index is 0.0216. The van der Waals surface area contributed by atoms with Gasteiger partial charge in [-0.1, -0.05) is 28.4 Å². The van der Waals surface area contributed by atoms with Crippen molar-refractivity contribution in [3.63, 3.8) is 0 Å². The topological polar surface area (TPSA) is 32.3 Å². The van der Waals surface area contributed by atoms with E-state index < -0.39 is 0 Å². The Hall–Kier alpha value is -0.870. The van der Waals surface area contributed by atoms with Crippen molar-refractivity contribution >= 4 is 21.8 Å². The minimum absolute atomic E-state index is 0.0216. The summed E-state index contributed by atoms with van der Waals surface area (Å²) in [5.41, 5.74) is 1.76. The van der Waals surface area contributed by atoms with Crippen LogP contribution in [0.2, 0.25) is 0 Å². The van der Waals surface area contributed by atoms with E-state index in [9.17, 15) is 4.79 Å². The average molecular weight is 339 g/mol. The Kier molecular flexibility index (Phi) is 5.61. The van der Waals surface area contributed by atoms with E-state index in [2.05, 4.69) is 33.1 Å². The zero-order valence-electron chi connectivity index (χ0n) is 12.3. The van der Waals surface area contributed by atoms with Crippen molar-refractivity contribution in [2.24, 2.45) is 0 Å². The molecule has 1 unspecified atom stereocenters. The lowest BCUT2D eigenvalue weighted by Crippen LogP contribution is -2.43. The molecule has 1 atom stereocenters. The normalized spacial score (nSPS) is 17.8. The highest BCUT2D eigenvalue weighted by Crippen LogP contribution is 2.16. The number of halogens is 1. The molecule has 2 rings (SSSR count). The molecule has 0 aromatic heterocycles. The lowest BCUT2D eigenvalue weighted by atomic mass is 10.1. The van der Waals surface area contributed by atoms with Gasteiger partial charge in [-0.25, -0.2) is 0 Å². The van der Waals surface area contributed by atoms with Gasteiger partial charge in [-0.05, 0) is 57.5 Å². The molecular weight excluding hydrogens is 316 g/mol. The van der Waals surface area contributed by atoms with Gasteiger partial charge in [0.25, 0.3) is 5.91 Å². The standard InChI is InChI=1S/C16H23BrN2O/c1-12-6-7-14(17)10-15(12)16(20)18-13(2)11-19-8-4-3-5-9-19/h6-7,10,13H,3-5,8-9,11H2,1-2H3,(H,18,20). The summed E-state index contributed by atoms with van der Waals surface area (Å²) in [5.74, 6) is 0.0216. The molecule has 0 radical (unpaired) electrons. The van der Waals surface area contributed by atoms with E-state index >= 15 is 0 Å². The molecule has 1 aliphatic rings. The van der Waals surface area contributed by atoms with Crippen molar-refractivity contribution in [1.29, 1.82) is 0 Å². The smallest absolute Gasteiger partial charge is 0.251 e. The highest BCUT2D eigenvalue weighted by molar-refractivity contribution is 9.10. The van der Waals surface area contributed by atoms with Crippen molar-refractivity contribution < 1.29 is 4.79 Å². The zero-order valence-corrected chi connectivity index (χ0v) is 13.9. The van der Waals surface area contributed by atoms with Gasteiger partial charge in [0, 0.05) is 22.6 Å². The number of likely N-dealkylation sites (tertiary alicyclic amines) is 1. The number of hydrogen-bond acceptors (Lipinski definition) is 2. The Balaban J connectivity index is 1.91. The van der Waals surface area contributed by atoms with E-state index in [-0.39, 0.29) is 11.9 Å². The van der Waals surface area contributed by atoms with Gasteiger partial charge in [0.05, 0.1) is 0 Å². The number of benzene rings is 1. The number of nitrogens with one attached hydrogen (secondary N) is 1. The predicted molar refractivity (Wildman–Crippen MR) is 86.1 cm³/mol. The lowest BCUT2D eigenvalue weighted by Gasteiger charge is -2.29. The third kappa shape index (κ3) is 4.32. The molecule has 1 fully saturated rings. The van der Waals surface area contributed by atoms with E-state index in [1.807, 2.05) is 25.1 Å². The summed E-state index contributed by atoms with van der Waals surface area (Å²) in [7, 11) is 0. The van der Waals surface area contributed by atoms with E-state index in [0.29, 0.717) is 0 Å². The van der Waals surface area contributed by atoms with Crippen LogP contribution in [0.15, 0.2) is 22.7 Å². The van der Waals surface area contributed by atoms with E-state index in [4.69, 9.17) is 0 Å².